The number of rotatable bonds is 5. The molecule has 1 atom stereocenters. The smallest absolute Gasteiger partial charge is 0.262 e. The van der Waals surface area contributed by atoms with Gasteiger partial charge in [-0.3, -0.25) is 14.2 Å². The second-order valence-electron chi connectivity index (χ2n) is 8.48. The van der Waals surface area contributed by atoms with Gasteiger partial charge in [0.05, 0.1) is 30.4 Å². The fourth-order valence-corrected chi connectivity index (χ4v) is 6.33. The zero-order valence-electron chi connectivity index (χ0n) is 18.1. The van der Waals surface area contributed by atoms with Crippen molar-refractivity contribution in [2.24, 2.45) is 5.92 Å². The third-order valence-corrected chi connectivity index (χ3v) is 8.00. The van der Waals surface area contributed by atoms with E-state index in [0.29, 0.717) is 12.5 Å². The Balaban J connectivity index is 1.32. The zero-order chi connectivity index (χ0) is 22.2. The number of anilines is 1. The number of amides is 1. The summed E-state index contributed by atoms with van der Waals surface area (Å²) >= 11 is 3.10. The van der Waals surface area contributed by atoms with Crippen molar-refractivity contribution < 1.29 is 4.79 Å². The quantitative estimate of drug-likeness (QED) is 0.469. The maximum Gasteiger partial charge on any atom is 0.262 e. The van der Waals surface area contributed by atoms with E-state index in [4.69, 9.17) is 0 Å². The highest BCUT2D eigenvalue weighted by molar-refractivity contribution is 7.18. The van der Waals surface area contributed by atoms with E-state index in [1.807, 2.05) is 36.6 Å². The molecule has 6 nitrogen and oxygen atoms in total. The number of para-hydroxylation sites is 1. The molecule has 0 radical (unpaired) electrons. The number of aromatic nitrogens is 3. The van der Waals surface area contributed by atoms with E-state index < -0.39 is 0 Å². The normalized spacial score (nSPS) is 15.6. The van der Waals surface area contributed by atoms with E-state index in [-0.39, 0.29) is 17.9 Å². The van der Waals surface area contributed by atoms with Gasteiger partial charge in [-0.25, -0.2) is 9.97 Å². The minimum absolute atomic E-state index is 0.00824. The van der Waals surface area contributed by atoms with E-state index in [1.54, 1.807) is 22.2 Å². The molecule has 4 aromatic rings. The van der Waals surface area contributed by atoms with Crippen LogP contribution in [0.3, 0.4) is 0 Å². The second kappa shape index (κ2) is 8.60. The summed E-state index contributed by atoms with van der Waals surface area (Å²) in [5.74, 6) is 0.564. The predicted molar refractivity (Wildman–Crippen MR) is 130 cm³/mol. The van der Waals surface area contributed by atoms with E-state index in [9.17, 15) is 9.59 Å². The summed E-state index contributed by atoms with van der Waals surface area (Å²) in [7, 11) is 0. The standard InChI is InChI=1S/C24H24N4O2S2/c1-14-7-8-17-19(9-14)32-23-22(17)24(30)28(13-25-23)11-16-12-31-21(26-16)10-20(29)27-18-6-4-3-5-15(18)2/h3-6,12-14H,7-11H2,1-2H3,(H,27,29). The molecule has 3 heterocycles. The average Bonchev–Trinajstić information content (AvgIpc) is 3.35. The summed E-state index contributed by atoms with van der Waals surface area (Å²) in [6.07, 6.45) is 4.94. The van der Waals surface area contributed by atoms with Gasteiger partial charge in [0, 0.05) is 15.9 Å². The zero-order valence-corrected chi connectivity index (χ0v) is 19.7. The molecule has 32 heavy (non-hydrogen) atoms. The summed E-state index contributed by atoms with van der Waals surface area (Å²) in [6.45, 7) is 4.59. The number of nitrogens with zero attached hydrogens (tertiary/aromatic N) is 3. The van der Waals surface area contributed by atoms with Gasteiger partial charge in [0.15, 0.2) is 0 Å². The Bertz CT molecular complexity index is 1370. The first-order valence-electron chi connectivity index (χ1n) is 10.8. The van der Waals surface area contributed by atoms with Crippen molar-refractivity contribution in [3.63, 3.8) is 0 Å². The van der Waals surface area contributed by atoms with Crippen LogP contribution < -0.4 is 10.9 Å². The fraction of sp³-hybridized carbons (Fsp3) is 0.333. The van der Waals surface area contributed by atoms with Crippen LogP contribution >= 0.6 is 22.7 Å². The summed E-state index contributed by atoms with van der Waals surface area (Å²) in [4.78, 5) is 37.0. The number of nitrogens with one attached hydrogen (secondary N) is 1. The van der Waals surface area contributed by atoms with Crippen molar-refractivity contribution in [2.45, 2.75) is 46.1 Å². The monoisotopic (exact) mass is 464 g/mol. The third kappa shape index (κ3) is 4.12. The maximum absolute atomic E-state index is 13.2. The van der Waals surface area contributed by atoms with Crippen LogP contribution in [0.5, 0.6) is 0 Å². The van der Waals surface area contributed by atoms with E-state index >= 15 is 0 Å². The first kappa shape index (κ1) is 21.0. The largest absolute Gasteiger partial charge is 0.325 e. The average molecular weight is 465 g/mol. The van der Waals surface area contributed by atoms with Crippen molar-refractivity contribution in [2.75, 3.05) is 5.32 Å². The van der Waals surface area contributed by atoms with Gasteiger partial charge in [-0.15, -0.1) is 22.7 Å². The molecule has 164 valence electrons. The molecule has 3 aromatic heterocycles. The summed E-state index contributed by atoms with van der Waals surface area (Å²) in [6, 6.07) is 7.70. The lowest BCUT2D eigenvalue weighted by molar-refractivity contribution is -0.115. The van der Waals surface area contributed by atoms with Crippen molar-refractivity contribution in [1.29, 1.82) is 0 Å². The van der Waals surface area contributed by atoms with Gasteiger partial charge in [0.25, 0.3) is 5.56 Å². The van der Waals surface area contributed by atoms with Gasteiger partial charge in [0.1, 0.15) is 9.84 Å². The number of benzene rings is 1. The molecule has 0 saturated heterocycles. The highest BCUT2D eigenvalue weighted by Gasteiger charge is 2.23. The molecule has 1 N–H and O–H groups in total. The number of aryl methyl sites for hydroxylation is 2. The SMILES string of the molecule is Cc1ccccc1NC(=O)Cc1nc(Cn2cnc3sc4c(c3c2=O)CCC(C)C4)cs1. The van der Waals surface area contributed by atoms with Gasteiger partial charge in [-0.1, -0.05) is 25.1 Å². The van der Waals surface area contributed by atoms with Crippen LogP contribution in [0.4, 0.5) is 5.69 Å². The fourth-order valence-electron chi connectivity index (χ4n) is 4.20. The molecule has 8 heteroatoms. The van der Waals surface area contributed by atoms with Gasteiger partial charge in [-0.2, -0.15) is 0 Å². The molecule has 0 saturated carbocycles. The summed E-state index contributed by atoms with van der Waals surface area (Å²) < 4.78 is 1.64. The van der Waals surface area contributed by atoms with E-state index in [0.717, 1.165) is 51.4 Å². The van der Waals surface area contributed by atoms with Gasteiger partial charge in [-0.05, 0) is 49.3 Å². The molecule has 0 fully saturated rings. The lowest BCUT2D eigenvalue weighted by Gasteiger charge is -2.17. The minimum Gasteiger partial charge on any atom is -0.325 e. The Labute approximate surface area is 194 Å². The molecule has 0 aliphatic heterocycles. The Hall–Kier alpha value is -2.84. The van der Waals surface area contributed by atoms with Crippen LogP contribution in [-0.2, 0) is 30.6 Å². The van der Waals surface area contributed by atoms with Crippen LogP contribution in [0.2, 0.25) is 0 Å². The molecule has 0 bridgehead atoms. The van der Waals surface area contributed by atoms with Crippen molar-refractivity contribution in [3.8, 4) is 0 Å². The van der Waals surface area contributed by atoms with Crippen LogP contribution in [0.25, 0.3) is 10.2 Å². The Kier molecular flexibility index (Phi) is 5.65. The molecule has 1 aliphatic carbocycles. The van der Waals surface area contributed by atoms with Crippen molar-refractivity contribution in [3.05, 3.63) is 73.0 Å². The Morgan fingerprint density at radius 1 is 1.31 bits per heavy atom. The lowest BCUT2D eigenvalue weighted by atomic mass is 9.89. The van der Waals surface area contributed by atoms with Crippen LogP contribution in [-0.4, -0.2) is 20.4 Å². The highest BCUT2D eigenvalue weighted by Crippen LogP contribution is 2.35. The van der Waals surface area contributed by atoms with E-state index in [2.05, 4.69) is 22.2 Å². The van der Waals surface area contributed by atoms with Crippen LogP contribution in [0.15, 0.2) is 40.8 Å². The number of carbonyl (C=O) groups is 1. The number of hydrogen-bond donors (Lipinski definition) is 1. The topological polar surface area (TPSA) is 76.9 Å². The molecule has 1 aromatic carbocycles. The maximum atomic E-state index is 13.2. The lowest BCUT2D eigenvalue weighted by Crippen LogP contribution is -2.22. The summed E-state index contributed by atoms with van der Waals surface area (Å²) in [5.41, 5.74) is 3.81. The molecule has 1 aliphatic rings. The Morgan fingerprint density at radius 2 is 2.16 bits per heavy atom. The molecular formula is C24H24N4O2S2. The minimum atomic E-state index is -0.0976. The number of hydrogen-bond acceptors (Lipinski definition) is 6. The molecule has 1 amide bonds. The number of thiazole rings is 1. The second-order valence-corrected chi connectivity index (χ2v) is 10.5. The first-order valence-corrected chi connectivity index (χ1v) is 12.5. The van der Waals surface area contributed by atoms with Crippen LogP contribution in [0, 0.1) is 12.8 Å². The predicted octanol–water partition coefficient (Wildman–Crippen LogP) is 4.58. The number of carbonyl (C=O) groups excluding carboxylic acids is 1. The molecule has 0 spiro atoms. The summed E-state index contributed by atoms with van der Waals surface area (Å²) in [5, 5.41) is 6.37. The van der Waals surface area contributed by atoms with Crippen LogP contribution in [0.1, 0.15) is 40.1 Å². The highest BCUT2D eigenvalue weighted by atomic mass is 32.1. The molecule has 5 rings (SSSR count). The van der Waals surface area contributed by atoms with E-state index in [1.165, 1.54) is 21.8 Å². The van der Waals surface area contributed by atoms with Crippen molar-refractivity contribution in [1.82, 2.24) is 14.5 Å². The first-order chi connectivity index (χ1) is 15.5. The van der Waals surface area contributed by atoms with Gasteiger partial charge < -0.3 is 5.32 Å². The Morgan fingerprint density at radius 3 is 3.00 bits per heavy atom. The number of thiophene rings is 1. The van der Waals surface area contributed by atoms with Gasteiger partial charge >= 0.3 is 0 Å². The third-order valence-electron chi connectivity index (χ3n) is 5.94. The van der Waals surface area contributed by atoms with Crippen molar-refractivity contribution >= 4 is 44.5 Å². The molecular weight excluding hydrogens is 440 g/mol. The van der Waals surface area contributed by atoms with Gasteiger partial charge in [0.2, 0.25) is 5.91 Å². The molecule has 1 unspecified atom stereocenters. The number of fused-ring (bicyclic) bond motifs is 3.